The van der Waals surface area contributed by atoms with Crippen LogP contribution >= 0.6 is 15.9 Å². The van der Waals surface area contributed by atoms with Gasteiger partial charge in [-0.1, -0.05) is 6.92 Å². The number of halogens is 1. The highest BCUT2D eigenvalue weighted by molar-refractivity contribution is 9.10. The van der Waals surface area contributed by atoms with Gasteiger partial charge in [0.1, 0.15) is 5.69 Å². The Morgan fingerprint density at radius 3 is 3.00 bits per heavy atom. The maximum atomic E-state index is 12.1. The van der Waals surface area contributed by atoms with E-state index in [2.05, 4.69) is 33.3 Å². The molecule has 0 radical (unpaired) electrons. The van der Waals surface area contributed by atoms with Crippen molar-refractivity contribution in [3.8, 4) is 0 Å². The third-order valence-electron chi connectivity index (χ3n) is 2.97. The van der Waals surface area contributed by atoms with Gasteiger partial charge in [0.15, 0.2) is 0 Å². The van der Waals surface area contributed by atoms with Crippen LogP contribution in [0.3, 0.4) is 0 Å². The minimum atomic E-state index is -0.0235. The molecule has 0 aliphatic carbocycles. The van der Waals surface area contributed by atoms with Gasteiger partial charge in [-0.3, -0.25) is 9.48 Å². The Balaban J connectivity index is 1.82. The zero-order chi connectivity index (χ0) is 14.4. The number of aryl methyl sites for hydroxylation is 2. The summed E-state index contributed by atoms with van der Waals surface area (Å²) in [5.74, 6) is -0.0235. The highest BCUT2D eigenvalue weighted by Gasteiger charge is 2.11. The topological polar surface area (TPSA) is 51.9 Å². The lowest BCUT2D eigenvalue weighted by atomic mass is 10.3. The van der Waals surface area contributed by atoms with Crippen LogP contribution in [0.25, 0.3) is 0 Å². The molecule has 2 heterocycles. The quantitative estimate of drug-likeness (QED) is 0.789. The van der Waals surface area contributed by atoms with Gasteiger partial charge < -0.3 is 9.88 Å². The molecule has 2 aromatic rings. The van der Waals surface area contributed by atoms with Gasteiger partial charge in [-0.15, -0.1) is 0 Å². The second-order valence-corrected chi connectivity index (χ2v) is 5.53. The summed E-state index contributed by atoms with van der Waals surface area (Å²) < 4.78 is 4.78. The molecule has 0 aliphatic heterocycles. The Hall–Kier alpha value is -1.56. The van der Waals surface area contributed by atoms with E-state index in [4.69, 9.17) is 0 Å². The molecule has 0 bridgehead atoms. The number of carbonyl (C=O) groups is 1. The molecule has 1 N–H and O–H groups in total. The van der Waals surface area contributed by atoms with Gasteiger partial charge in [0.05, 0.1) is 0 Å². The average Bonchev–Trinajstić information content (AvgIpc) is 3.05. The molecule has 0 unspecified atom stereocenters. The van der Waals surface area contributed by atoms with Crippen molar-refractivity contribution in [2.45, 2.75) is 32.9 Å². The third-order valence-corrected chi connectivity index (χ3v) is 3.40. The summed E-state index contributed by atoms with van der Waals surface area (Å²) in [4.78, 5) is 12.1. The number of aromatic nitrogens is 3. The van der Waals surface area contributed by atoms with Gasteiger partial charge >= 0.3 is 0 Å². The van der Waals surface area contributed by atoms with Crippen molar-refractivity contribution in [2.75, 3.05) is 6.54 Å². The SMILES string of the molecule is CCCn1cc(Br)cc1C(=O)NCCCn1cccn1. The molecule has 0 aliphatic rings. The van der Waals surface area contributed by atoms with Crippen LogP contribution in [0.2, 0.25) is 0 Å². The Bertz CT molecular complexity index is 548. The van der Waals surface area contributed by atoms with Gasteiger partial charge in [0.2, 0.25) is 0 Å². The average molecular weight is 339 g/mol. The Kier molecular flexibility index (Phi) is 5.40. The second kappa shape index (κ2) is 7.28. The molecular formula is C14H19BrN4O. The van der Waals surface area contributed by atoms with E-state index in [1.165, 1.54) is 0 Å². The normalized spacial score (nSPS) is 10.7. The van der Waals surface area contributed by atoms with Crippen molar-refractivity contribution in [1.29, 1.82) is 0 Å². The minimum Gasteiger partial charge on any atom is -0.351 e. The summed E-state index contributed by atoms with van der Waals surface area (Å²) in [5.41, 5.74) is 0.706. The van der Waals surface area contributed by atoms with Crippen LogP contribution in [0, 0.1) is 0 Å². The summed E-state index contributed by atoms with van der Waals surface area (Å²) >= 11 is 3.42. The van der Waals surface area contributed by atoms with Crippen LogP contribution in [-0.4, -0.2) is 26.8 Å². The molecule has 2 aromatic heterocycles. The molecule has 1 amide bonds. The predicted molar refractivity (Wildman–Crippen MR) is 81.6 cm³/mol. The van der Waals surface area contributed by atoms with Crippen LogP contribution in [0.15, 0.2) is 35.2 Å². The maximum absolute atomic E-state index is 12.1. The Morgan fingerprint density at radius 1 is 1.45 bits per heavy atom. The highest BCUT2D eigenvalue weighted by Crippen LogP contribution is 2.15. The van der Waals surface area contributed by atoms with E-state index in [1.54, 1.807) is 6.20 Å². The van der Waals surface area contributed by atoms with Crippen LogP contribution in [0.5, 0.6) is 0 Å². The first-order valence-corrected chi connectivity index (χ1v) is 7.61. The number of amides is 1. The molecule has 0 aromatic carbocycles. The van der Waals surface area contributed by atoms with Gasteiger partial charge in [-0.25, -0.2) is 0 Å². The van der Waals surface area contributed by atoms with Crippen molar-refractivity contribution in [2.24, 2.45) is 0 Å². The molecule has 0 saturated carbocycles. The first-order valence-electron chi connectivity index (χ1n) is 6.82. The molecule has 2 rings (SSSR count). The molecule has 20 heavy (non-hydrogen) atoms. The van der Waals surface area contributed by atoms with Gasteiger partial charge in [0, 0.05) is 42.7 Å². The molecule has 6 heteroatoms. The van der Waals surface area contributed by atoms with Crippen molar-refractivity contribution in [1.82, 2.24) is 19.7 Å². The third kappa shape index (κ3) is 3.96. The number of hydrogen-bond donors (Lipinski definition) is 1. The van der Waals surface area contributed by atoms with Crippen molar-refractivity contribution in [3.63, 3.8) is 0 Å². The number of rotatable bonds is 7. The number of nitrogens with one attached hydrogen (secondary N) is 1. The Labute approximate surface area is 127 Å². The minimum absolute atomic E-state index is 0.0235. The zero-order valence-corrected chi connectivity index (χ0v) is 13.1. The molecule has 0 spiro atoms. The van der Waals surface area contributed by atoms with Crippen molar-refractivity contribution >= 4 is 21.8 Å². The Morgan fingerprint density at radius 2 is 2.30 bits per heavy atom. The fourth-order valence-corrected chi connectivity index (χ4v) is 2.52. The van der Waals surface area contributed by atoms with Gasteiger partial charge in [-0.2, -0.15) is 5.10 Å². The monoisotopic (exact) mass is 338 g/mol. The van der Waals surface area contributed by atoms with Crippen LogP contribution in [0.4, 0.5) is 0 Å². The standard InChI is InChI=1S/C14H19BrN4O/c1-2-7-18-11-12(15)10-13(18)14(20)16-5-3-8-19-9-4-6-17-19/h4,6,9-11H,2-3,5,7-8H2,1H3,(H,16,20). The molecular weight excluding hydrogens is 320 g/mol. The van der Waals surface area contributed by atoms with E-state index in [0.717, 1.165) is 30.4 Å². The van der Waals surface area contributed by atoms with E-state index in [9.17, 15) is 4.79 Å². The summed E-state index contributed by atoms with van der Waals surface area (Å²) in [6.07, 6.45) is 7.49. The lowest BCUT2D eigenvalue weighted by molar-refractivity contribution is 0.0943. The van der Waals surface area contributed by atoms with Gasteiger partial charge in [0.25, 0.3) is 5.91 Å². The number of carbonyl (C=O) groups excluding carboxylic acids is 1. The number of hydrogen-bond acceptors (Lipinski definition) is 2. The zero-order valence-electron chi connectivity index (χ0n) is 11.6. The lowest BCUT2D eigenvalue weighted by Crippen LogP contribution is -2.27. The van der Waals surface area contributed by atoms with E-state index in [0.29, 0.717) is 12.2 Å². The van der Waals surface area contributed by atoms with E-state index in [1.807, 2.05) is 33.8 Å². The molecule has 5 nitrogen and oxygen atoms in total. The van der Waals surface area contributed by atoms with E-state index in [-0.39, 0.29) is 5.91 Å². The van der Waals surface area contributed by atoms with Gasteiger partial charge in [-0.05, 0) is 40.9 Å². The first kappa shape index (κ1) is 14.8. The first-order chi connectivity index (χ1) is 9.70. The molecule has 0 saturated heterocycles. The lowest BCUT2D eigenvalue weighted by Gasteiger charge is -2.08. The van der Waals surface area contributed by atoms with Crippen LogP contribution in [0.1, 0.15) is 30.3 Å². The van der Waals surface area contributed by atoms with Crippen molar-refractivity contribution < 1.29 is 4.79 Å². The summed E-state index contributed by atoms with van der Waals surface area (Å²) in [5, 5.41) is 7.08. The number of nitrogens with zero attached hydrogens (tertiary/aromatic N) is 3. The summed E-state index contributed by atoms with van der Waals surface area (Å²) in [6, 6.07) is 3.76. The molecule has 0 fully saturated rings. The second-order valence-electron chi connectivity index (χ2n) is 4.62. The smallest absolute Gasteiger partial charge is 0.267 e. The maximum Gasteiger partial charge on any atom is 0.267 e. The largest absolute Gasteiger partial charge is 0.351 e. The van der Waals surface area contributed by atoms with E-state index >= 15 is 0 Å². The molecule has 108 valence electrons. The highest BCUT2D eigenvalue weighted by atomic mass is 79.9. The summed E-state index contributed by atoms with van der Waals surface area (Å²) in [6.45, 7) is 4.40. The molecule has 0 atom stereocenters. The fraction of sp³-hybridized carbons (Fsp3) is 0.429. The van der Waals surface area contributed by atoms with E-state index < -0.39 is 0 Å². The predicted octanol–water partition coefficient (Wildman–Crippen LogP) is 2.68. The van der Waals surface area contributed by atoms with Crippen molar-refractivity contribution in [3.05, 3.63) is 40.9 Å². The van der Waals surface area contributed by atoms with Crippen LogP contribution < -0.4 is 5.32 Å². The summed E-state index contributed by atoms with van der Waals surface area (Å²) in [7, 11) is 0. The van der Waals surface area contributed by atoms with Crippen LogP contribution in [-0.2, 0) is 13.1 Å². The fourth-order valence-electron chi connectivity index (χ4n) is 2.06.